The largest absolute Gasteiger partial charge is 0.354 e. The molecule has 0 aromatic carbocycles. The number of rotatable bonds is 4. The molecule has 0 saturated heterocycles. The standard InChI is InChI=1S/C7H12BNO2/c1-3-4-7(2,5-10)9-6(8)11/h5H,3-4H2,1-2H3,(H,9,11)/t7-/m0/s1. The van der Waals surface area contributed by atoms with E-state index in [1.165, 1.54) is 0 Å². The van der Waals surface area contributed by atoms with Crippen LogP contribution in [-0.4, -0.2) is 25.5 Å². The zero-order chi connectivity index (χ0) is 8.91. The second-order valence-electron chi connectivity index (χ2n) is 2.77. The molecule has 0 saturated carbocycles. The van der Waals surface area contributed by atoms with E-state index in [9.17, 15) is 9.59 Å². The van der Waals surface area contributed by atoms with Crippen LogP contribution in [0, 0.1) is 0 Å². The van der Waals surface area contributed by atoms with Crippen molar-refractivity contribution in [2.45, 2.75) is 32.2 Å². The van der Waals surface area contributed by atoms with Gasteiger partial charge in [-0.1, -0.05) is 13.3 Å². The van der Waals surface area contributed by atoms with Gasteiger partial charge in [-0.05, 0) is 13.3 Å². The zero-order valence-corrected chi connectivity index (χ0v) is 6.89. The fourth-order valence-corrected chi connectivity index (χ4v) is 0.952. The lowest BCUT2D eigenvalue weighted by molar-refractivity contribution is -0.112. The van der Waals surface area contributed by atoms with E-state index in [4.69, 9.17) is 7.85 Å². The van der Waals surface area contributed by atoms with Crippen LogP contribution in [0.15, 0.2) is 0 Å². The Morgan fingerprint density at radius 3 is 2.55 bits per heavy atom. The van der Waals surface area contributed by atoms with Crippen molar-refractivity contribution in [3.05, 3.63) is 0 Å². The summed E-state index contributed by atoms with van der Waals surface area (Å²) in [4.78, 5) is 20.9. The minimum absolute atomic E-state index is 0.611. The quantitative estimate of drug-likeness (QED) is 0.475. The molecule has 4 heteroatoms. The van der Waals surface area contributed by atoms with Gasteiger partial charge in [-0.15, -0.1) is 0 Å². The normalized spacial score (nSPS) is 15.1. The number of carbonyl (C=O) groups is 2. The van der Waals surface area contributed by atoms with Crippen molar-refractivity contribution < 1.29 is 9.59 Å². The maximum atomic E-state index is 10.5. The summed E-state index contributed by atoms with van der Waals surface area (Å²) in [7, 11) is 4.88. The van der Waals surface area contributed by atoms with Crippen LogP contribution in [0.3, 0.4) is 0 Å². The molecule has 0 fully saturated rings. The van der Waals surface area contributed by atoms with Crippen molar-refractivity contribution in [2.75, 3.05) is 0 Å². The molecule has 0 aliphatic carbocycles. The molecule has 11 heavy (non-hydrogen) atoms. The molecule has 0 spiro atoms. The average Bonchev–Trinajstić information content (AvgIpc) is 1.87. The lowest BCUT2D eigenvalue weighted by Gasteiger charge is -2.23. The molecular weight excluding hydrogens is 141 g/mol. The molecule has 0 bridgehead atoms. The smallest absolute Gasteiger partial charge is 0.200 e. The van der Waals surface area contributed by atoms with Gasteiger partial charge in [0.15, 0.2) is 5.81 Å². The Labute approximate surface area is 68.0 Å². The number of nitrogens with one attached hydrogen (secondary N) is 1. The maximum absolute atomic E-state index is 10.5. The fraction of sp³-hybridized carbons (Fsp3) is 0.714. The monoisotopic (exact) mass is 153 g/mol. The highest BCUT2D eigenvalue weighted by molar-refractivity contribution is 6.57. The number of hydrogen-bond donors (Lipinski definition) is 1. The maximum Gasteiger partial charge on any atom is 0.200 e. The molecule has 0 aromatic rings. The van der Waals surface area contributed by atoms with Crippen LogP contribution in [0.2, 0.25) is 0 Å². The van der Waals surface area contributed by atoms with Crippen molar-refractivity contribution in [3.63, 3.8) is 0 Å². The summed E-state index contributed by atoms with van der Waals surface area (Å²) in [5.74, 6) is -0.659. The highest BCUT2D eigenvalue weighted by Gasteiger charge is 2.22. The van der Waals surface area contributed by atoms with Gasteiger partial charge in [0.2, 0.25) is 7.85 Å². The minimum Gasteiger partial charge on any atom is -0.354 e. The third-order valence-corrected chi connectivity index (χ3v) is 1.44. The molecule has 1 atom stereocenters. The second kappa shape index (κ2) is 4.16. The van der Waals surface area contributed by atoms with Gasteiger partial charge in [-0.3, -0.25) is 4.79 Å². The van der Waals surface area contributed by atoms with Crippen molar-refractivity contribution in [1.82, 2.24) is 5.32 Å². The number of carbonyl (C=O) groups excluding carboxylic acids is 2. The van der Waals surface area contributed by atoms with Crippen LogP contribution < -0.4 is 5.32 Å². The Hall–Kier alpha value is -0.795. The first-order valence-electron chi connectivity index (χ1n) is 3.58. The number of amides is 1. The Morgan fingerprint density at radius 1 is 1.73 bits per heavy atom. The average molecular weight is 153 g/mol. The van der Waals surface area contributed by atoms with Crippen molar-refractivity contribution in [2.24, 2.45) is 0 Å². The van der Waals surface area contributed by atoms with E-state index in [1.54, 1.807) is 6.92 Å². The Balaban J connectivity index is 4.09. The number of aldehydes is 1. The molecule has 3 nitrogen and oxygen atoms in total. The molecule has 1 amide bonds. The summed E-state index contributed by atoms with van der Waals surface area (Å²) in [6.07, 6.45) is 2.15. The van der Waals surface area contributed by atoms with Gasteiger partial charge in [0.05, 0.1) is 5.54 Å². The number of hydrogen-bond acceptors (Lipinski definition) is 2. The molecule has 1 N–H and O–H groups in total. The van der Waals surface area contributed by atoms with E-state index in [2.05, 4.69) is 5.32 Å². The lowest BCUT2D eigenvalue weighted by atomic mass is 9.96. The zero-order valence-electron chi connectivity index (χ0n) is 6.89. The van der Waals surface area contributed by atoms with Gasteiger partial charge in [-0.25, -0.2) is 0 Å². The highest BCUT2D eigenvalue weighted by Crippen LogP contribution is 2.07. The van der Waals surface area contributed by atoms with Crippen molar-refractivity contribution in [3.8, 4) is 0 Å². The molecule has 0 aliphatic rings. The second-order valence-corrected chi connectivity index (χ2v) is 2.77. The van der Waals surface area contributed by atoms with Crippen molar-refractivity contribution >= 4 is 19.9 Å². The fourth-order valence-electron chi connectivity index (χ4n) is 0.952. The minimum atomic E-state index is -0.791. The molecular formula is C7H12BNO2. The van der Waals surface area contributed by atoms with Gasteiger partial charge < -0.3 is 10.1 Å². The summed E-state index contributed by atoms with van der Waals surface area (Å²) in [6, 6.07) is 0. The van der Waals surface area contributed by atoms with E-state index in [-0.39, 0.29) is 0 Å². The van der Waals surface area contributed by atoms with Crippen LogP contribution in [0.5, 0.6) is 0 Å². The van der Waals surface area contributed by atoms with Gasteiger partial charge in [0.25, 0.3) is 0 Å². The van der Waals surface area contributed by atoms with Gasteiger partial charge in [0, 0.05) is 0 Å². The molecule has 0 unspecified atom stereocenters. The van der Waals surface area contributed by atoms with Crippen LogP contribution in [0.4, 0.5) is 4.79 Å². The summed E-state index contributed by atoms with van der Waals surface area (Å²) >= 11 is 0. The van der Waals surface area contributed by atoms with Crippen LogP contribution in [0.1, 0.15) is 26.7 Å². The van der Waals surface area contributed by atoms with Gasteiger partial charge >= 0.3 is 0 Å². The van der Waals surface area contributed by atoms with Crippen LogP contribution in [0.25, 0.3) is 0 Å². The molecule has 2 radical (unpaired) electrons. The van der Waals surface area contributed by atoms with Crippen LogP contribution in [-0.2, 0) is 4.79 Å². The Morgan fingerprint density at radius 2 is 2.27 bits per heavy atom. The SMILES string of the molecule is [B]C(=O)N[C@](C)(C=O)CCC. The van der Waals surface area contributed by atoms with E-state index in [1.807, 2.05) is 6.92 Å². The van der Waals surface area contributed by atoms with E-state index < -0.39 is 11.3 Å². The molecule has 0 heterocycles. The van der Waals surface area contributed by atoms with E-state index in [0.29, 0.717) is 12.7 Å². The lowest BCUT2D eigenvalue weighted by Crippen LogP contribution is -2.46. The molecule has 60 valence electrons. The summed E-state index contributed by atoms with van der Waals surface area (Å²) < 4.78 is 0. The molecule has 0 rings (SSSR count). The topological polar surface area (TPSA) is 46.2 Å². The Bertz CT molecular complexity index is 161. The Kier molecular flexibility index (Phi) is 3.86. The van der Waals surface area contributed by atoms with E-state index >= 15 is 0 Å². The first-order valence-corrected chi connectivity index (χ1v) is 3.58. The predicted octanol–water partition coefficient (Wildman–Crippen LogP) is 0.622. The molecule has 0 aromatic heterocycles. The van der Waals surface area contributed by atoms with Gasteiger partial charge in [-0.2, -0.15) is 0 Å². The highest BCUT2D eigenvalue weighted by atomic mass is 16.1. The first kappa shape index (κ1) is 10.2. The first-order chi connectivity index (χ1) is 5.04. The summed E-state index contributed by atoms with van der Waals surface area (Å²) in [5.41, 5.74) is -0.791. The van der Waals surface area contributed by atoms with Gasteiger partial charge in [0.1, 0.15) is 6.29 Å². The molecule has 0 aliphatic heterocycles. The predicted molar refractivity (Wildman–Crippen MR) is 43.7 cm³/mol. The third kappa shape index (κ3) is 3.81. The summed E-state index contributed by atoms with van der Waals surface area (Å²) in [5, 5.41) is 2.38. The van der Waals surface area contributed by atoms with E-state index in [0.717, 1.165) is 6.42 Å². The summed E-state index contributed by atoms with van der Waals surface area (Å²) in [6.45, 7) is 3.58. The van der Waals surface area contributed by atoms with Crippen molar-refractivity contribution in [1.29, 1.82) is 0 Å². The van der Waals surface area contributed by atoms with Crippen LogP contribution >= 0.6 is 0 Å². The third-order valence-electron chi connectivity index (χ3n) is 1.44.